The first-order valence-corrected chi connectivity index (χ1v) is 10.0. The van der Waals surface area contributed by atoms with Crippen molar-refractivity contribution in [3.8, 4) is 0 Å². The van der Waals surface area contributed by atoms with Crippen molar-refractivity contribution in [1.29, 1.82) is 0 Å². The zero-order valence-corrected chi connectivity index (χ0v) is 11.7. The molecule has 0 unspecified atom stereocenters. The molecule has 79 valence electrons. The molecule has 0 amide bonds. The molecule has 0 heterocycles. The Labute approximate surface area is 96.9 Å². The number of hydrogen-bond donors (Lipinski definition) is 0. The fraction of sp³-hybridized carbons (Fsp3) is 1.00. The van der Waals surface area contributed by atoms with Crippen molar-refractivity contribution in [2.24, 2.45) is 0 Å². The van der Waals surface area contributed by atoms with Crippen molar-refractivity contribution in [3.05, 3.63) is 0 Å². The molecule has 2 heteroatoms. The maximum absolute atomic E-state index is 3.58. The van der Waals surface area contributed by atoms with E-state index in [0.717, 1.165) is 11.3 Å². The van der Waals surface area contributed by atoms with Crippen LogP contribution < -0.4 is 0 Å². The predicted octanol–water partition coefficient (Wildman–Crippen LogP) is 4.22. The van der Waals surface area contributed by atoms with Gasteiger partial charge < -0.3 is 0 Å². The van der Waals surface area contributed by atoms with E-state index in [4.69, 9.17) is 0 Å². The molecule has 0 aromatic rings. The third-order valence-electron chi connectivity index (χ3n) is 3.87. The van der Waals surface area contributed by atoms with Gasteiger partial charge in [-0.25, -0.2) is 0 Å². The van der Waals surface area contributed by atoms with Gasteiger partial charge in [-0.2, -0.15) is 0 Å². The Morgan fingerprint density at radius 2 is 1.00 bits per heavy atom. The molecule has 0 aromatic heterocycles. The van der Waals surface area contributed by atoms with E-state index in [1.54, 1.807) is 0 Å². The molecule has 0 atom stereocenters. The normalized spacial score (nSPS) is 26.3. The standard InChI is InChI=1S/C12H22PSe/c14-13(11-7-3-1-4-8-11)12-9-5-2-6-10-12/h11-12H,1-10H2/q+2. The fourth-order valence-corrected chi connectivity index (χ4v) is 7.97. The summed E-state index contributed by atoms with van der Waals surface area (Å²) in [6.45, 7) is 0. The van der Waals surface area contributed by atoms with E-state index in [0.29, 0.717) is 0 Å². The van der Waals surface area contributed by atoms with E-state index in [-0.39, 0.29) is 6.17 Å². The first-order chi connectivity index (χ1) is 6.88. The molecular weight excluding hydrogens is 254 g/mol. The zero-order valence-electron chi connectivity index (χ0n) is 9.08. The molecule has 0 nitrogen and oxygen atoms in total. The van der Waals surface area contributed by atoms with Crippen LogP contribution in [0.1, 0.15) is 64.2 Å². The Bertz CT molecular complexity index is 170. The van der Waals surface area contributed by atoms with Gasteiger partial charge in [0.2, 0.25) is 0 Å². The Balaban J connectivity index is 1.85. The van der Waals surface area contributed by atoms with Gasteiger partial charge in [0.05, 0.1) is 0 Å². The van der Waals surface area contributed by atoms with E-state index >= 15 is 0 Å². The molecule has 1 radical (unpaired) electrons. The summed E-state index contributed by atoms with van der Waals surface area (Å²) in [6.07, 6.45) is 15.5. The van der Waals surface area contributed by atoms with Crippen LogP contribution in [0.5, 0.6) is 0 Å². The van der Waals surface area contributed by atoms with Gasteiger partial charge in [0.1, 0.15) is 0 Å². The Morgan fingerprint density at radius 1 is 0.643 bits per heavy atom. The van der Waals surface area contributed by atoms with Gasteiger partial charge >= 0.3 is 96.8 Å². The Kier molecular flexibility index (Phi) is 4.67. The molecule has 0 aromatic carbocycles. The fourth-order valence-electron chi connectivity index (χ4n) is 2.97. The Hall–Kier alpha value is 0.819. The molecular formula is C12H22PSe+2. The first kappa shape index (κ1) is 11.3. The summed E-state index contributed by atoms with van der Waals surface area (Å²) in [4.78, 5) is 0. The van der Waals surface area contributed by atoms with Gasteiger partial charge in [-0.1, -0.05) is 0 Å². The molecule has 0 N–H and O–H groups in total. The van der Waals surface area contributed by atoms with Gasteiger partial charge in [-0.15, -0.1) is 0 Å². The van der Waals surface area contributed by atoms with Crippen LogP contribution in [0.2, 0.25) is 0 Å². The van der Waals surface area contributed by atoms with Gasteiger partial charge in [0.15, 0.2) is 0 Å². The van der Waals surface area contributed by atoms with Crippen LogP contribution in [0.3, 0.4) is 0 Å². The van der Waals surface area contributed by atoms with Crippen molar-refractivity contribution in [2.45, 2.75) is 75.5 Å². The third-order valence-corrected chi connectivity index (χ3v) is 10.1. The molecule has 2 saturated carbocycles. The summed E-state index contributed by atoms with van der Waals surface area (Å²) in [6, 6.07) is 0. The SMILES string of the molecule is [Se+]=[P+](C1CCCCC1)C1CCCCC1. The second-order valence-corrected chi connectivity index (χ2v) is 9.78. The van der Waals surface area contributed by atoms with Crippen molar-refractivity contribution >= 4 is 21.3 Å². The molecule has 2 rings (SSSR count). The molecule has 0 bridgehead atoms. The van der Waals surface area contributed by atoms with Crippen molar-refractivity contribution in [3.63, 3.8) is 0 Å². The van der Waals surface area contributed by atoms with Gasteiger partial charge in [-0.3, -0.25) is 0 Å². The maximum atomic E-state index is 3.58. The summed E-state index contributed by atoms with van der Waals surface area (Å²) in [7, 11) is 0. The van der Waals surface area contributed by atoms with Crippen LogP contribution >= 0.6 is 6.17 Å². The van der Waals surface area contributed by atoms with Crippen LogP contribution in [0, 0.1) is 0 Å². The number of rotatable bonds is 2. The van der Waals surface area contributed by atoms with E-state index < -0.39 is 0 Å². The first-order valence-electron chi connectivity index (χ1n) is 6.33. The molecule has 0 aliphatic heterocycles. The van der Waals surface area contributed by atoms with Gasteiger partial charge in [0, 0.05) is 0 Å². The summed E-state index contributed by atoms with van der Waals surface area (Å²) < 4.78 is 0. The zero-order chi connectivity index (χ0) is 9.80. The molecule has 0 spiro atoms. The molecule has 0 saturated heterocycles. The quantitative estimate of drug-likeness (QED) is 0.523. The van der Waals surface area contributed by atoms with Crippen molar-refractivity contribution < 1.29 is 0 Å². The molecule has 2 aliphatic rings. The van der Waals surface area contributed by atoms with Gasteiger partial charge in [-0.05, 0) is 0 Å². The van der Waals surface area contributed by atoms with Crippen LogP contribution in [0.4, 0.5) is 0 Å². The van der Waals surface area contributed by atoms with Crippen molar-refractivity contribution in [2.75, 3.05) is 0 Å². The number of hydrogen-bond acceptors (Lipinski definition) is 0. The third kappa shape index (κ3) is 2.91. The second kappa shape index (κ2) is 5.78. The van der Waals surface area contributed by atoms with Crippen LogP contribution in [-0.4, -0.2) is 26.4 Å². The summed E-state index contributed by atoms with van der Waals surface area (Å²) in [5.74, 6) is 0. The summed E-state index contributed by atoms with van der Waals surface area (Å²) in [5.41, 5.74) is 2.20. The predicted molar refractivity (Wildman–Crippen MR) is 66.4 cm³/mol. The summed E-state index contributed by atoms with van der Waals surface area (Å²) >= 11 is 3.58. The minimum atomic E-state index is 0.258. The molecule has 2 aliphatic carbocycles. The van der Waals surface area contributed by atoms with Crippen LogP contribution in [-0.2, 0) is 0 Å². The average Bonchev–Trinajstić information content (AvgIpc) is 2.30. The van der Waals surface area contributed by atoms with E-state index in [1.165, 1.54) is 64.2 Å². The second-order valence-electron chi connectivity index (χ2n) is 4.94. The van der Waals surface area contributed by atoms with Gasteiger partial charge in [0.25, 0.3) is 0 Å². The van der Waals surface area contributed by atoms with E-state index in [1.807, 2.05) is 0 Å². The summed E-state index contributed by atoms with van der Waals surface area (Å²) in [5, 5.41) is 0. The Morgan fingerprint density at radius 3 is 1.36 bits per heavy atom. The van der Waals surface area contributed by atoms with E-state index in [2.05, 4.69) is 15.1 Å². The van der Waals surface area contributed by atoms with Crippen LogP contribution in [0.25, 0.3) is 0 Å². The van der Waals surface area contributed by atoms with E-state index in [9.17, 15) is 0 Å². The molecule has 14 heavy (non-hydrogen) atoms. The average molecular weight is 276 g/mol. The monoisotopic (exact) mass is 277 g/mol. The molecule has 2 fully saturated rings. The topological polar surface area (TPSA) is 0 Å². The van der Waals surface area contributed by atoms with Crippen molar-refractivity contribution in [1.82, 2.24) is 0 Å². The minimum absolute atomic E-state index is 0.258. The van der Waals surface area contributed by atoms with Crippen LogP contribution in [0.15, 0.2) is 0 Å².